The van der Waals surface area contributed by atoms with Gasteiger partial charge in [-0.05, 0) is 62.1 Å². The molecule has 3 aromatic rings. The third-order valence-corrected chi connectivity index (χ3v) is 6.58. The molecular formula is C26H25N3O4. The molecular weight excluding hydrogens is 418 g/mol. The number of pyridine rings is 1. The molecule has 1 atom stereocenters. The fourth-order valence-corrected chi connectivity index (χ4v) is 4.98. The number of nitrogens with zero attached hydrogens (tertiary/aromatic N) is 3. The van der Waals surface area contributed by atoms with Crippen molar-refractivity contribution in [3.63, 3.8) is 0 Å². The van der Waals surface area contributed by atoms with Crippen LogP contribution in [0, 0.1) is 12.8 Å². The number of aromatic nitrogens is 2. The van der Waals surface area contributed by atoms with E-state index >= 15 is 0 Å². The molecule has 1 unspecified atom stereocenters. The number of aliphatic hydroxyl groups is 1. The van der Waals surface area contributed by atoms with Gasteiger partial charge in [-0.25, -0.2) is 0 Å². The van der Waals surface area contributed by atoms with Crippen molar-refractivity contribution in [1.82, 2.24) is 10.1 Å². The molecule has 33 heavy (non-hydrogen) atoms. The van der Waals surface area contributed by atoms with Crippen molar-refractivity contribution in [2.75, 3.05) is 4.90 Å². The van der Waals surface area contributed by atoms with Crippen LogP contribution < -0.4 is 4.90 Å². The molecule has 3 heterocycles. The Morgan fingerprint density at radius 3 is 2.48 bits per heavy atom. The highest BCUT2D eigenvalue weighted by Crippen LogP contribution is 2.41. The lowest BCUT2D eigenvalue weighted by molar-refractivity contribution is -0.132. The summed E-state index contributed by atoms with van der Waals surface area (Å²) in [5.74, 6) is -0.685. The minimum absolute atomic E-state index is 0.0968. The number of hydrogen-bond donors (Lipinski definition) is 1. The van der Waals surface area contributed by atoms with Gasteiger partial charge in [0.15, 0.2) is 5.76 Å². The standard InChI is InChI=1S/C26H25N3O4/c1-16-14-21(33-28-16)17-9-11-20(12-10-17)29-23(18-6-3-2-4-7-18)22(25(31)26(29)32)24(30)19-8-5-13-27-15-19/h5,8-15,18,23,30H,2-4,6-7H2,1H3/b24-22-. The lowest BCUT2D eigenvalue weighted by atomic mass is 9.80. The molecule has 5 rings (SSSR count). The minimum atomic E-state index is -0.651. The number of anilines is 1. The highest BCUT2D eigenvalue weighted by atomic mass is 16.5. The van der Waals surface area contributed by atoms with Crippen LogP contribution in [0.25, 0.3) is 17.1 Å². The van der Waals surface area contributed by atoms with Crippen LogP contribution >= 0.6 is 0 Å². The monoisotopic (exact) mass is 443 g/mol. The number of aryl methyl sites for hydroxylation is 1. The first-order chi connectivity index (χ1) is 16.0. The van der Waals surface area contributed by atoms with Gasteiger partial charge in [-0.1, -0.05) is 24.4 Å². The number of Topliss-reactive ketones (excluding diaryl/α,β-unsaturated/α-hetero) is 1. The molecule has 168 valence electrons. The molecule has 1 saturated heterocycles. The third kappa shape index (κ3) is 3.84. The Balaban J connectivity index is 1.58. The molecule has 1 saturated carbocycles. The predicted molar refractivity (Wildman–Crippen MR) is 123 cm³/mol. The Labute approximate surface area is 191 Å². The lowest BCUT2D eigenvalue weighted by Crippen LogP contribution is -2.40. The topological polar surface area (TPSA) is 96.5 Å². The fourth-order valence-electron chi connectivity index (χ4n) is 4.98. The van der Waals surface area contributed by atoms with Gasteiger partial charge in [0.25, 0.3) is 11.7 Å². The number of carbonyl (C=O) groups is 2. The average Bonchev–Trinajstić information content (AvgIpc) is 3.41. The van der Waals surface area contributed by atoms with Crippen molar-refractivity contribution in [2.24, 2.45) is 5.92 Å². The van der Waals surface area contributed by atoms with E-state index < -0.39 is 17.7 Å². The van der Waals surface area contributed by atoms with E-state index in [2.05, 4.69) is 10.1 Å². The first-order valence-corrected chi connectivity index (χ1v) is 11.3. The minimum Gasteiger partial charge on any atom is -0.507 e. The van der Waals surface area contributed by atoms with Crippen LogP contribution in [0.2, 0.25) is 0 Å². The van der Waals surface area contributed by atoms with Gasteiger partial charge in [0, 0.05) is 35.3 Å². The number of carbonyl (C=O) groups excluding carboxylic acids is 2. The van der Waals surface area contributed by atoms with Crippen LogP contribution in [0.3, 0.4) is 0 Å². The van der Waals surface area contributed by atoms with E-state index in [1.807, 2.05) is 37.3 Å². The number of ketones is 1. The normalized spacial score (nSPS) is 21.0. The average molecular weight is 444 g/mol. The number of amides is 1. The maximum absolute atomic E-state index is 13.3. The first-order valence-electron chi connectivity index (χ1n) is 11.3. The van der Waals surface area contributed by atoms with Gasteiger partial charge in [0.05, 0.1) is 17.3 Å². The molecule has 0 bridgehead atoms. The second-order valence-electron chi connectivity index (χ2n) is 8.73. The smallest absolute Gasteiger partial charge is 0.299 e. The summed E-state index contributed by atoms with van der Waals surface area (Å²) in [6.07, 6.45) is 8.15. The molecule has 7 heteroatoms. The summed E-state index contributed by atoms with van der Waals surface area (Å²) in [4.78, 5) is 32.1. The quantitative estimate of drug-likeness (QED) is 0.351. The van der Waals surface area contributed by atoms with E-state index in [0.29, 0.717) is 17.0 Å². The largest absolute Gasteiger partial charge is 0.507 e. The van der Waals surface area contributed by atoms with E-state index in [4.69, 9.17) is 4.52 Å². The summed E-state index contributed by atoms with van der Waals surface area (Å²) in [6.45, 7) is 1.85. The van der Waals surface area contributed by atoms with Crippen molar-refractivity contribution < 1.29 is 19.2 Å². The summed E-state index contributed by atoms with van der Waals surface area (Å²) in [6, 6.07) is 12.1. The van der Waals surface area contributed by atoms with Crippen molar-refractivity contribution in [3.05, 3.63) is 71.7 Å². The molecule has 1 aliphatic carbocycles. The Bertz CT molecular complexity index is 1210. The van der Waals surface area contributed by atoms with Crippen LogP contribution in [0.5, 0.6) is 0 Å². The SMILES string of the molecule is Cc1cc(-c2ccc(N3C(=O)C(=O)/C(=C(\O)c4cccnc4)C3C3CCCCC3)cc2)on1. The zero-order chi connectivity index (χ0) is 22.9. The van der Waals surface area contributed by atoms with Crippen molar-refractivity contribution in [3.8, 4) is 11.3 Å². The molecule has 1 N–H and O–H groups in total. The Morgan fingerprint density at radius 2 is 1.85 bits per heavy atom. The highest BCUT2D eigenvalue weighted by Gasteiger charge is 2.49. The van der Waals surface area contributed by atoms with Crippen LogP contribution in [-0.2, 0) is 9.59 Å². The molecule has 0 spiro atoms. The van der Waals surface area contributed by atoms with Gasteiger partial charge < -0.3 is 9.63 Å². The van der Waals surface area contributed by atoms with Crippen LogP contribution in [-0.4, -0.2) is 33.0 Å². The molecule has 2 fully saturated rings. The molecule has 1 aromatic carbocycles. The highest BCUT2D eigenvalue weighted by molar-refractivity contribution is 6.51. The molecule has 1 amide bonds. The van der Waals surface area contributed by atoms with Gasteiger partial charge >= 0.3 is 0 Å². The molecule has 2 aromatic heterocycles. The zero-order valence-electron chi connectivity index (χ0n) is 18.4. The van der Waals surface area contributed by atoms with Gasteiger partial charge in [-0.2, -0.15) is 0 Å². The zero-order valence-corrected chi connectivity index (χ0v) is 18.4. The van der Waals surface area contributed by atoms with Crippen molar-refractivity contribution in [1.29, 1.82) is 0 Å². The maximum Gasteiger partial charge on any atom is 0.299 e. The number of hydrogen-bond acceptors (Lipinski definition) is 6. The van der Waals surface area contributed by atoms with Crippen LogP contribution in [0.1, 0.15) is 43.4 Å². The first kappa shape index (κ1) is 21.1. The predicted octanol–water partition coefficient (Wildman–Crippen LogP) is 4.88. The maximum atomic E-state index is 13.3. The summed E-state index contributed by atoms with van der Waals surface area (Å²) in [7, 11) is 0. The van der Waals surface area contributed by atoms with E-state index in [0.717, 1.165) is 43.4 Å². The number of benzene rings is 1. The Kier molecular flexibility index (Phi) is 5.54. The Hall–Kier alpha value is -3.74. The molecule has 2 aliphatic rings. The van der Waals surface area contributed by atoms with Gasteiger partial charge in [0.2, 0.25) is 0 Å². The van der Waals surface area contributed by atoms with E-state index in [1.165, 1.54) is 6.20 Å². The van der Waals surface area contributed by atoms with Gasteiger partial charge in [0.1, 0.15) is 5.76 Å². The van der Waals surface area contributed by atoms with E-state index in [9.17, 15) is 14.7 Å². The molecule has 7 nitrogen and oxygen atoms in total. The second-order valence-corrected chi connectivity index (χ2v) is 8.73. The number of rotatable bonds is 4. The summed E-state index contributed by atoms with van der Waals surface area (Å²) in [5.41, 5.74) is 2.85. The summed E-state index contributed by atoms with van der Waals surface area (Å²) in [5, 5.41) is 15.0. The summed E-state index contributed by atoms with van der Waals surface area (Å²) >= 11 is 0. The van der Waals surface area contributed by atoms with Crippen molar-refractivity contribution >= 4 is 23.1 Å². The fraction of sp³-hybridized carbons (Fsp3) is 0.308. The van der Waals surface area contributed by atoms with Crippen LogP contribution in [0.15, 0.2) is 65.0 Å². The summed E-state index contributed by atoms with van der Waals surface area (Å²) < 4.78 is 5.34. The molecule has 0 radical (unpaired) electrons. The lowest BCUT2D eigenvalue weighted by Gasteiger charge is -2.34. The Morgan fingerprint density at radius 1 is 1.09 bits per heavy atom. The van der Waals surface area contributed by atoms with Crippen molar-refractivity contribution in [2.45, 2.75) is 45.1 Å². The van der Waals surface area contributed by atoms with E-state index in [1.54, 1.807) is 23.2 Å². The molecule has 1 aliphatic heterocycles. The number of aliphatic hydroxyl groups excluding tert-OH is 1. The van der Waals surface area contributed by atoms with Gasteiger partial charge in [-0.15, -0.1) is 0 Å². The van der Waals surface area contributed by atoms with E-state index in [-0.39, 0.29) is 17.3 Å². The third-order valence-electron chi connectivity index (χ3n) is 6.58. The van der Waals surface area contributed by atoms with Gasteiger partial charge in [-0.3, -0.25) is 19.5 Å². The van der Waals surface area contributed by atoms with Crippen LogP contribution in [0.4, 0.5) is 5.69 Å². The second kappa shape index (κ2) is 8.65.